The van der Waals surface area contributed by atoms with Gasteiger partial charge < -0.3 is 44.0 Å². The van der Waals surface area contributed by atoms with Crippen molar-refractivity contribution in [3.63, 3.8) is 0 Å². The summed E-state index contributed by atoms with van der Waals surface area (Å²) in [6.07, 6.45) is 4.10. The zero-order valence-electron chi connectivity index (χ0n) is 54.3. The number of esters is 3. The van der Waals surface area contributed by atoms with Crippen molar-refractivity contribution in [3.05, 3.63) is 64.7 Å². The van der Waals surface area contributed by atoms with Crippen molar-refractivity contribution < 1.29 is 63.2 Å². The van der Waals surface area contributed by atoms with E-state index in [1.807, 2.05) is 148 Å². The van der Waals surface area contributed by atoms with Crippen molar-refractivity contribution in [1.82, 2.24) is 20.1 Å². The maximum absolute atomic E-state index is 12.9. The maximum Gasteiger partial charge on any atom is 0.347 e. The molecular weight excluding hydrogens is 1040 g/mol. The smallest absolute Gasteiger partial charge is 0.347 e. The van der Waals surface area contributed by atoms with Gasteiger partial charge in [0.2, 0.25) is 0 Å². The van der Waals surface area contributed by atoms with E-state index < -0.39 is 56.5 Å². The first-order chi connectivity index (χ1) is 37.3. The summed E-state index contributed by atoms with van der Waals surface area (Å²) in [7, 11) is 2.10. The first kappa shape index (κ1) is 68.7. The molecule has 5 aliphatic heterocycles. The molecule has 7 rings (SSSR count). The van der Waals surface area contributed by atoms with Crippen LogP contribution in [0.25, 0.3) is 0 Å². The largest absolute Gasteiger partial charge is 0.478 e. The number of ether oxygens (including phenoxy) is 6. The lowest BCUT2D eigenvalue weighted by atomic mass is 9.72. The second-order valence-electron chi connectivity index (χ2n) is 30.1. The second-order valence-corrected chi connectivity index (χ2v) is 30.1. The molecule has 0 saturated carbocycles. The maximum atomic E-state index is 12.9. The number of hydroxylamine groups is 6. The van der Waals surface area contributed by atoms with Gasteiger partial charge in [0.1, 0.15) is 36.8 Å². The molecule has 1 unspecified atom stereocenters. The van der Waals surface area contributed by atoms with Gasteiger partial charge in [-0.1, -0.05) is 49.2 Å². The van der Waals surface area contributed by atoms with E-state index in [2.05, 4.69) is 39.6 Å². The molecule has 1 atom stereocenters. The van der Waals surface area contributed by atoms with Crippen molar-refractivity contribution >= 4 is 23.7 Å². The van der Waals surface area contributed by atoms with Crippen LogP contribution >= 0.6 is 0 Å². The lowest BCUT2D eigenvalue weighted by molar-refractivity contribution is -0.373. The predicted octanol–water partition coefficient (Wildman–Crippen LogP) is 12.2. The van der Waals surface area contributed by atoms with Crippen molar-refractivity contribution in [2.24, 2.45) is 11.3 Å². The molecule has 3 N–H and O–H groups in total. The number of hydrogen-bond donors (Lipinski definition) is 3. The van der Waals surface area contributed by atoms with Crippen LogP contribution in [-0.4, -0.2) is 155 Å². The van der Waals surface area contributed by atoms with Crippen LogP contribution in [0.3, 0.4) is 0 Å². The highest BCUT2D eigenvalue weighted by Gasteiger charge is 2.57. The zero-order valence-corrected chi connectivity index (χ0v) is 54.3. The number of likely N-dealkylation sites (tertiary alicyclic amines) is 1. The monoisotopic (exact) mass is 1150 g/mol. The minimum atomic E-state index is -0.729. The van der Waals surface area contributed by atoms with Crippen LogP contribution in [-0.2, 0) is 38.1 Å². The van der Waals surface area contributed by atoms with Crippen molar-refractivity contribution in [2.45, 2.75) is 278 Å². The number of Topliss-reactive ketones (excluding diaryl/α,β-unsaturated/α-hetero) is 1. The average Bonchev–Trinajstić information content (AvgIpc) is 3.49. The normalized spacial score (nSPS) is 25.0. The molecule has 0 bridgehead atoms. The van der Waals surface area contributed by atoms with E-state index in [-0.39, 0.29) is 60.0 Å². The van der Waals surface area contributed by atoms with Crippen LogP contribution in [0.5, 0.6) is 5.75 Å². The third-order valence-electron chi connectivity index (χ3n) is 17.9. The molecule has 0 radical (unpaired) electrons. The fourth-order valence-corrected chi connectivity index (χ4v) is 13.6. The Balaban J connectivity index is 0.000000226. The van der Waals surface area contributed by atoms with E-state index in [1.165, 1.54) is 15.2 Å². The molecule has 2 aromatic rings. The first-order valence-electron chi connectivity index (χ1n) is 29.7. The van der Waals surface area contributed by atoms with Gasteiger partial charge in [0, 0.05) is 94.2 Å². The summed E-state index contributed by atoms with van der Waals surface area (Å²) in [4.78, 5) is 52.7. The number of carbonyl (C=O) groups excluding carboxylic acids is 4. The zero-order chi connectivity index (χ0) is 62.2. The van der Waals surface area contributed by atoms with Gasteiger partial charge in [-0.25, -0.2) is 9.59 Å². The Morgan fingerprint density at radius 3 is 1.45 bits per heavy atom. The molecule has 17 heteroatoms. The third-order valence-corrected chi connectivity index (χ3v) is 17.9. The molecule has 464 valence electrons. The molecule has 2 aromatic carbocycles. The van der Waals surface area contributed by atoms with E-state index in [4.69, 9.17) is 28.4 Å². The molecule has 17 nitrogen and oxygen atoms in total. The van der Waals surface area contributed by atoms with Gasteiger partial charge in [0.25, 0.3) is 0 Å². The fourth-order valence-electron chi connectivity index (χ4n) is 13.6. The van der Waals surface area contributed by atoms with Crippen molar-refractivity contribution in [2.75, 3.05) is 26.9 Å². The minimum Gasteiger partial charge on any atom is -0.478 e. The number of rotatable bonds is 12. The Labute approximate surface area is 491 Å². The molecule has 0 aliphatic carbocycles. The second kappa shape index (κ2) is 25.1. The van der Waals surface area contributed by atoms with E-state index in [1.54, 1.807) is 12.1 Å². The summed E-state index contributed by atoms with van der Waals surface area (Å²) in [5.74, 6) is -1.27. The van der Waals surface area contributed by atoms with Gasteiger partial charge in [-0.05, 0) is 182 Å². The van der Waals surface area contributed by atoms with Crippen LogP contribution in [0.15, 0.2) is 42.5 Å². The van der Waals surface area contributed by atoms with Crippen LogP contribution < -0.4 is 4.74 Å². The number of nitrogens with zero attached hydrogens (tertiary/aromatic N) is 4. The Bertz CT molecular complexity index is 2470. The average molecular weight is 1150 g/mol. The molecule has 5 heterocycles. The van der Waals surface area contributed by atoms with Gasteiger partial charge in [-0.3, -0.25) is 14.5 Å². The fraction of sp³-hybridized carbons (Fsp3) is 0.754. The number of carbonyl (C=O) groups is 4. The highest BCUT2D eigenvalue weighted by Crippen LogP contribution is 2.48. The van der Waals surface area contributed by atoms with Crippen molar-refractivity contribution in [1.29, 1.82) is 0 Å². The molecule has 1 spiro atoms. The number of benzene rings is 2. The van der Waals surface area contributed by atoms with E-state index in [0.717, 1.165) is 29.5 Å². The standard InChI is InChI=1S/C22H40N2O4.C22H33NO5.C21H33NO4/c1-19(2)11-15(12-20(3,4)23(19)9)17(25)10-18(26)28-16-13-21(5,6)24(27)22(7,8)14-16;1-16-7-9-17(10-8-16)18(24)26-13-21(6)14-27-22(28-15-21)11-19(2,3)23(25)20(4,5)12-22;1-8-17(26-18-10-9-14(2)11-15(18)3)19(23)25-16-12-20(4,5)22(24)21(6,7)13-16/h15-16,27H,10-14H2,1-9H3;7-10,25H,11-15H2,1-6H3;9-11,16-17,24H,8,12-13H2,1-7H3. The van der Waals surface area contributed by atoms with Gasteiger partial charge >= 0.3 is 17.9 Å². The SMILES string of the molecule is CCC(Oc1ccc(C)cc1C)C(=O)OC1CC(C)(C)N(O)C(C)(C)C1.CN1C(C)(C)CC(C(=O)CC(=O)OC2CC(C)(C)N(O)C(C)(C)C2)CC1(C)C.Cc1ccc(C(=O)OCC2(C)COC3(CC(C)(C)N(O)C(C)(C)C3)OC2)cc1. The van der Waals surface area contributed by atoms with E-state index >= 15 is 0 Å². The summed E-state index contributed by atoms with van der Waals surface area (Å²) >= 11 is 0. The highest BCUT2D eigenvalue weighted by atomic mass is 16.7. The van der Waals surface area contributed by atoms with Gasteiger partial charge in [-0.2, -0.15) is 15.2 Å². The quantitative estimate of drug-likeness (QED) is 0.103. The lowest BCUT2D eigenvalue weighted by Gasteiger charge is -2.58. The van der Waals surface area contributed by atoms with E-state index in [9.17, 15) is 34.8 Å². The first-order valence-corrected chi connectivity index (χ1v) is 29.7. The van der Waals surface area contributed by atoms with Crippen LogP contribution in [0.4, 0.5) is 0 Å². The minimum absolute atomic E-state index is 0.0163. The Kier molecular flexibility index (Phi) is 21.1. The summed E-state index contributed by atoms with van der Waals surface area (Å²) in [6, 6.07) is 13.2. The molecule has 0 aromatic heterocycles. The Hall–Kier alpha value is -4.04. The predicted molar refractivity (Wildman–Crippen MR) is 316 cm³/mol. The van der Waals surface area contributed by atoms with Crippen molar-refractivity contribution in [3.8, 4) is 5.75 Å². The highest BCUT2D eigenvalue weighted by molar-refractivity contribution is 5.97. The number of aryl methyl sites for hydroxylation is 3. The topological polar surface area (TPSA) is 197 Å². The summed E-state index contributed by atoms with van der Waals surface area (Å²) in [5.41, 5.74) is 0.407. The molecule has 0 amide bonds. The summed E-state index contributed by atoms with van der Waals surface area (Å²) < 4.78 is 35.5. The molecule has 82 heavy (non-hydrogen) atoms. The number of piperidine rings is 4. The molecular formula is C65H106N4O13. The Morgan fingerprint density at radius 2 is 1.01 bits per heavy atom. The summed E-state index contributed by atoms with van der Waals surface area (Å²) in [6.45, 7) is 43.1. The Morgan fingerprint density at radius 1 is 0.585 bits per heavy atom. The van der Waals surface area contributed by atoms with E-state index in [0.29, 0.717) is 69.5 Å². The number of hydrogen-bond acceptors (Lipinski definition) is 17. The lowest BCUT2D eigenvalue weighted by Crippen LogP contribution is -2.67. The van der Waals surface area contributed by atoms with Gasteiger partial charge in [0.05, 0.1) is 18.8 Å². The number of ketones is 1. The molecule has 5 aliphatic rings. The molecule has 5 saturated heterocycles. The summed E-state index contributed by atoms with van der Waals surface area (Å²) in [5, 5.41) is 35.4. The van der Waals surface area contributed by atoms with Gasteiger partial charge in [-0.15, -0.1) is 0 Å². The van der Waals surface area contributed by atoms with Crippen LogP contribution in [0.2, 0.25) is 0 Å². The van der Waals surface area contributed by atoms with Gasteiger partial charge in [0.15, 0.2) is 11.9 Å². The molecule has 5 fully saturated rings. The van der Waals surface area contributed by atoms with Crippen LogP contribution in [0.1, 0.15) is 216 Å². The van der Waals surface area contributed by atoms with Crippen LogP contribution in [0, 0.1) is 32.1 Å². The third kappa shape index (κ3) is 16.9.